The molecule has 0 saturated carbocycles. The zero-order valence-corrected chi connectivity index (χ0v) is 16.5. The predicted octanol–water partition coefficient (Wildman–Crippen LogP) is 4.92. The first-order valence-corrected chi connectivity index (χ1v) is 9.25. The van der Waals surface area contributed by atoms with Crippen molar-refractivity contribution in [2.75, 3.05) is 18.5 Å². The van der Waals surface area contributed by atoms with Gasteiger partial charge < -0.3 is 14.8 Å². The molecular formula is C24H24N2O3. The molecule has 0 aromatic heterocycles. The first kappa shape index (κ1) is 21.5. The Bertz CT molecular complexity index is 941. The fraction of sp³-hybridized carbons (Fsp3) is 0.167. The topological polar surface area (TPSA) is 71.3 Å². The summed E-state index contributed by atoms with van der Waals surface area (Å²) in [7, 11) is 0. The van der Waals surface area contributed by atoms with Crippen molar-refractivity contribution in [1.29, 1.82) is 5.26 Å². The third-order valence-corrected chi connectivity index (χ3v) is 3.87. The average Bonchev–Trinajstić information content (AvgIpc) is 2.72. The molecule has 0 aliphatic carbocycles. The Morgan fingerprint density at radius 1 is 1.17 bits per heavy atom. The average molecular weight is 388 g/mol. The summed E-state index contributed by atoms with van der Waals surface area (Å²) in [6.45, 7) is 10.1. The SMILES string of the molecule is C=CCOc1c(CC=C)cc(/C=C(\C#N)C(=O)Nc2ccccc2)cc1OCC. The van der Waals surface area contributed by atoms with Gasteiger partial charge in [-0.15, -0.1) is 6.58 Å². The van der Waals surface area contributed by atoms with E-state index in [1.54, 1.807) is 30.4 Å². The van der Waals surface area contributed by atoms with Gasteiger partial charge in [-0.25, -0.2) is 0 Å². The predicted molar refractivity (Wildman–Crippen MR) is 116 cm³/mol. The third kappa shape index (κ3) is 6.12. The lowest BCUT2D eigenvalue weighted by Gasteiger charge is -2.16. The van der Waals surface area contributed by atoms with Gasteiger partial charge in [0, 0.05) is 11.3 Å². The first-order valence-electron chi connectivity index (χ1n) is 9.25. The Morgan fingerprint density at radius 3 is 2.55 bits per heavy atom. The molecule has 1 amide bonds. The standard InChI is InChI=1S/C24H24N2O3/c1-4-10-19-14-18(16-22(28-6-3)23(19)29-13-5-2)15-20(17-25)24(27)26-21-11-8-7-9-12-21/h4-5,7-9,11-12,14-16H,1-2,6,10,13H2,3H3,(H,26,27)/b20-15+. The number of nitrogens with one attached hydrogen (secondary N) is 1. The lowest BCUT2D eigenvalue weighted by Crippen LogP contribution is -2.13. The molecular weight excluding hydrogens is 364 g/mol. The number of carbonyl (C=O) groups excluding carboxylic acids is 1. The summed E-state index contributed by atoms with van der Waals surface area (Å²) in [5.74, 6) is 0.672. The number of allylic oxidation sites excluding steroid dienone is 1. The van der Waals surface area contributed by atoms with Crippen molar-refractivity contribution in [3.8, 4) is 17.6 Å². The first-order chi connectivity index (χ1) is 14.1. The van der Waals surface area contributed by atoms with Crippen LogP contribution in [0, 0.1) is 11.3 Å². The zero-order valence-electron chi connectivity index (χ0n) is 16.5. The van der Waals surface area contributed by atoms with Crippen molar-refractivity contribution >= 4 is 17.7 Å². The number of amides is 1. The summed E-state index contributed by atoms with van der Waals surface area (Å²) in [4.78, 5) is 12.5. The Labute approximate surface area is 171 Å². The molecule has 0 saturated heterocycles. The normalized spacial score (nSPS) is 10.6. The van der Waals surface area contributed by atoms with E-state index >= 15 is 0 Å². The van der Waals surface area contributed by atoms with E-state index in [0.29, 0.717) is 42.4 Å². The minimum absolute atomic E-state index is 0.0133. The van der Waals surface area contributed by atoms with Crippen molar-refractivity contribution in [2.45, 2.75) is 13.3 Å². The number of nitriles is 1. The van der Waals surface area contributed by atoms with Crippen LogP contribution < -0.4 is 14.8 Å². The highest BCUT2D eigenvalue weighted by molar-refractivity contribution is 6.09. The van der Waals surface area contributed by atoms with Crippen LogP contribution in [-0.2, 0) is 11.2 Å². The summed E-state index contributed by atoms with van der Waals surface area (Å²) >= 11 is 0. The van der Waals surface area contributed by atoms with E-state index in [1.165, 1.54) is 6.08 Å². The number of hydrogen-bond donors (Lipinski definition) is 1. The second-order valence-corrected chi connectivity index (χ2v) is 6.02. The van der Waals surface area contributed by atoms with Crippen molar-refractivity contribution in [3.05, 3.63) is 84.5 Å². The van der Waals surface area contributed by atoms with Crippen LogP contribution in [0.15, 0.2) is 73.3 Å². The number of hydrogen-bond acceptors (Lipinski definition) is 4. The number of nitrogens with zero attached hydrogens (tertiary/aromatic N) is 1. The fourth-order valence-corrected chi connectivity index (χ4v) is 2.68. The minimum atomic E-state index is -0.478. The molecule has 0 aliphatic rings. The number of benzene rings is 2. The van der Waals surface area contributed by atoms with Crippen molar-refractivity contribution in [1.82, 2.24) is 0 Å². The number of para-hydroxylation sites is 1. The zero-order chi connectivity index (χ0) is 21.1. The molecule has 2 aromatic carbocycles. The number of ether oxygens (including phenoxy) is 2. The molecule has 0 spiro atoms. The monoisotopic (exact) mass is 388 g/mol. The highest BCUT2D eigenvalue weighted by Crippen LogP contribution is 2.34. The maximum absolute atomic E-state index is 12.5. The van der Waals surface area contributed by atoms with E-state index in [4.69, 9.17) is 9.47 Å². The summed E-state index contributed by atoms with van der Waals surface area (Å²) in [6, 6.07) is 14.6. The second-order valence-electron chi connectivity index (χ2n) is 6.02. The Balaban J connectivity index is 2.42. The molecule has 0 aliphatic heterocycles. The van der Waals surface area contributed by atoms with Gasteiger partial charge in [0.05, 0.1) is 6.61 Å². The maximum atomic E-state index is 12.5. The number of carbonyl (C=O) groups is 1. The van der Waals surface area contributed by atoms with E-state index < -0.39 is 5.91 Å². The molecule has 0 unspecified atom stereocenters. The Hall–Kier alpha value is -3.78. The highest BCUT2D eigenvalue weighted by Gasteiger charge is 2.15. The van der Waals surface area contributed by atoms with Crippen LogP contribution in [0.1, 0.15) is 18.1 Å². The maximum Gasteiger partial charge on any atom is 0.266 e. The van der Waals surface area contributed by atoms with Gasteiger partial charge in [-0.3, -0.25) is 4.79 Å². The van der Waals surface area contributed by atoms with Gasteiger partial charge in [0.1, 0.15) is 18.2 Å². The van der Waals surface area contributed by atoms with Gasteiger partial charge in [0.15, 0.2) is 11.5 Å². The molecule has 29 heavy (non-hydrogen) atoms. The summed E-state index contributed by atoms with van der Waals surface area (Å²) < 4.78 is 11.5. The lowest BCUT2D eigenvalue weighted by atomic mass is 10.0. The van der Waals surface area contributed by atoms with Crippen LogP contribution in [0.25, 0.3) is 6.08 Å². The van der Waals surface area contributed by atoms with Gasteiger partial charge in [0.2, 0.25) is 0 Å². The van der Waals surface area contributed by atoms with Crippen molar-refractivity contribution in [3.63, 3.8) is 0 Å². The molecule has 148 valence electrons. The molecule has 0 bridgehead atoms. The molecule has 5 nitrogen and oxygen atoms in total. The van der Waals surface area contributed by atoms with E-state index in [0.717, 1.165) is 5.56 Å². The fourth-order valence-electron chi connectivity index (χ4n) is 2.68. The van der Waals surface area contributed by atoms with Crippen LogP contribution in [0.3, 0.4) is 0 Å². The summed E-state index contributed by atoms with van der Waals surface area (Å²) in [5.41, 5.74) is 2.12. The Kier molecular flexibility index (Phi) is 8.28. The number of anilines is 1. The van der Waals surface area contributed by atoms with Gasteiger partial charge in [-0.2, -0.15) is 5.26 Å². The van der Waals surface area contributed by atoms with E-state index in [-0.39, 0.29) is 5.57 Å². The van der Waals surface area contributed by atoms with Crippen LogP contribution in [0.4, 0.5) is 5.69 Å². The van der Waals surface area contributed by atoms with Crippen LogP contribution in [0.5, 0.6) is 11.5 Å². The molecule has 0 heterocycles. The van der Waals surface area contributed by atoms with Crippen LogP contribution >= 0.6 is 0 Å². The minimum Gasteiger partial charge on any atom is -0.490 e. The van der Waals surface area contributed by atoms with Crippen LogP contribution in [-0.4, -0.2) is 19.1 Å². The third-order valence-electron chi connectivity index (χ3n) is 3.87. The quantitative estimate of drug-likeness (QED) is 0.356. The smallest absolute Gasteiger partial charge is 0.266 e. The molecule has 0 radical (unpaired) electrons. The van der Waals surface area contributed by atoms with E-state index in [9.17, 15) is 10.1 Å². The van der Waals surface area contributed by atoms with Crippen molar-refractivity contribution in [2.24, 2.45) is 0 Å². The van der Waals surface area contributed by atoms with Crippen LogP contribution in [0.2, 0.25) is 0 Å². The van der Waals surface area contributed by atoms with Crippen molar-refractivity contribution < 1.29 is 14.3 Å². The summed E-state index contributed by atoms with van der Waals surface area (Å²) in [6.07, 6.45) is 5.49. The molecule has 2 rings (SSSR count). The van der Waals surface area contributed by atoms with E-state index in [2.05, 4.69) is 18.5 Å². The second kappa shape index (κ2) is 11.2. The molecule has 2 aromatic rings. The number of rotatable bonds is 10. The van der Waals surface area contributed by atoms with E-state index in [1.807, 2.05) is 37.3 Å². The largest absolute Gasteiger partial charge is 0.490 e. The molecule has 5 heteroatoms. The lowest BCUT2D eigenvalue weighted by molar-refractivity contribution is -0.112. The van der Waals surface area contributed by atoms with Gasteiger partial charge in [-0.05, 0) is 49.2 Å². The summed E-state index contributed by atoms with van der Waals surface area (Å²) in [5, 5.41) is 12.2. The van der Waals surface area contributed by atoms with Gasteiger partial charge in [-0.1, -0.05) is 36.9 Å². The molecule has 0 fully saturated rings. The van der Waals surface area contributed by atoms with Gasteiger partial charge >= 0.3 is 0 Å². The van der Waals surface area contributed by atoms with Gasteiger partial charge in [0.25, 0.3) is 5.91 Å². The Morgan fingerprint density at radius 2 is 1.93 bits per heavy atom. The highest BCUT2D eigenvalue weighted by atomic mass is 16.5. The molecule has 1 N–H and O–H groups in total. The molecule has 0 atom stereocenters.